The highest BCUT2D eigenvalue weighted by atomic mass is 35.5. The summed E-state index contributed by atoms with van der Waals surface area (Å²) in [7, 11) is 0. The van der Waals surface area contributed by atoms with Crippen molar-refractivity contribution >= 4 is 23.2 Å². The van der Waals surface area contributed by atoms with Gasteiger partial charge in [-0.15, -0.1) is 0 Å². The number of ether oxygens (including phenoxy) is 1. The molecule has 1 aromatic rings. The van der Waals surface area contributed by atoms with Crippen LogP contribution in [0.3, 0.4) is 0 Å². The van der Waals surface area contributed by atoms with Gasteiger partial charge in [-0.1, -0.05) is 17.7 Å². The number of halogens is 2. The number of hydrogen-bond donors (Lipinski definition) is 1. The van der Waals surface area contributed by atoms with Crippen molar-refractivity contribution in [3.05, 3.63) is 29.0 Å². The highest BCUT2D eigenvalue weighted by Crippen LogP contribution is 2.34. The first-order valence-corrected chi connectivity index (χ1v) is 10.8. The van der Waals surface area contributed by atoms with Crippen molar-refractivity contribution in [1.29, 1.82) is 0 Å². The summed E-state index contributed by atoms with van der Waals surface area (Å²) in [5, 5.41) is 0.185. The summed E-state index contributed by atoms with van der Waals surface area (Å²) in [5.74, 6) is 0.0932. The molecule has 28 heavy (non-hydrogen) atoms. The lowest BCUT2D eigenvalue weighted by Crippen LogP contribution is -2.57. The topological polar surface area (TPSA) is 58.8 Å². The van der Waals surface area contributed by atoms with Gasteiger partial charge in [0.15, 0.2) is 0 Å². The fourth-order valence-electron chi connectivity index (χ4n) is 4.37. The standard InChI is InChI=1S/C21H29ClFN3O2/c22-20-16(23)3-1-5-18(20)25-11-8-15(9-12-25)28-13-19-17(24)4-2-10-26(19)21(27)14-6-7-14/h1,3,5,14-15,17,19H,2,4,6-13,24H2. The third-order valence-corrected chi connectivity index (χ3v) is 6.63. The Hall–Kier alpha value is -1.37. The molecule has 5 nitrogen and oxygen atoms in total. The minimum absolute atomic E-state index is 0.0114. The van der Waals surface area contributed by atoms with E-state index in [9.17, 15) is 9.18 Å². The van der Waals surface area contributed by atoms with Gasteiger partial charge in [0.25, 0.3) is 0 Å². The molecule has 7 heteroatoms. The zero-order valence-electron chi connectivity index (χ0n) is 16.2. The van der Waals surface area contributed by atoms with Crippen LogP contribution < -0.4 is 10.6 Å². The van der Waals surface area contributed by atoms with Crippen LogP contribution in [0.5, 0.6) is 0 Å². The van der Waals surface area contributed by atoms with Crippen molar-refractivity contribution in [3.8, 4) is 0 Å². The van der Waals surface area contributed by atoms with Gasteiger partial charge in [0.1, 0.15) is 5.82 Å². The van der Waals surface area contributed by atoms with Gasteiger partial charge in [0.05, 0.1) is 29.5 Å². The van der Waals surface area contributed by atoms with Crippen molar-refractivity contribution < 1.29 is 13.9 Å². The first kappa shape index (κ1) is 19.9. The van der Waals surface area contributed by atoms with Crippen LogP contribution in [-0.4, -0.2) is 55.2 Å². The van der Waals surface area contributed by atoms with Crippen molar-refractivity contribution in [3.63, 3.8) is 0 Å². The highest BCUT2D eigenvalue weighted by molar-refractivity contribution is 6.33. The minimum atomic E-state index is -0.385. The van der Waals surface area contributed by atoms with Crippen LogP contribution in [-0.2, 0) is 9.53 Å². The summed E-state index contributed by atoms with van der Waals surface area (Å²) in [6, 6.07) is 4.90. The maximum atomic E-state index is 13.7. The van der Waals surface area contributed by atoms with Gasteiger partial charge >= 0.3 is 0 Å². The molecule has 0 spiro atoms. The SMILES string of the molecule is NC1CCCN(C(=O)C2CC2)C1COC1CCN(c2cccc(F)c2Cl)CC1. The van der Waals surface area contributed by atoms with E-state index < -0.39 is 0 Å². The number of nitrogens with zero attached hydrogens (tertiary/aromatic N) is 2. The molecule has 0 bridgehead atoms. The second-order valence-corrected chi connectivity index (χ2v) is 8.65. The van der Waals surface area contributed by atoms with Crippen molar-refractivity contribution in [2.45, 2.75) is 56.7 Å². The van der Waals surface area contributed by atoms with E-state index in [1.54, 1.807) is 6.07 Å². The van der Waals surface area contributed by atoms with Crippen LogP contribution in [0.15, 0.2) is 18.2 Å². The summed E-state index contributed by atoms with van der Waals surface area (Å²) in [5.41, 5.74) is 7.09. The summed E-state index contributed by atoms with van der Waals surface area (Å²) < 4.78 is 19.9. The molecule has 2 heterocycles. The first-order chi connectivity index (χ1) is 13.5. The number of likely N-dealkylation sites (tertiary alicyclic amines) is 1. The van der Waals surface area contributed by atoms with E-state index in [4.69, 9.17) is 22.1 Å². The second-order valence-electron chi connectivity index (χ2n) is 8.27. The van der Waals surface area contributed by atoms with Gasteiger partial charge in [-0.3, -0.25) is 4.79 Å². The van der Waals surface area contributed by atoms with Crippen LogP contribution in [0.4, 0.5) is 10.1 Å². The zero-order valence-corrected chi connectivity index (χ0v) is 16.9. The fraction of sp³-hybridized carbons (Fsp3) is 0.667. The predicted octanol–water partition coefficient (Wildman–Crippen LogP) is 3.19. The number of piperidine rings is 2. The van der Waals surface area contributed by atoms with Crippen LogP contribution in [0, 0.1) is 11.7 Å². The summed E-state index contributed by atoms with van der Waals surface area (Å²) in [6.45, 7) is 2.85. The largest absolute Gasteiger partial charge is 0.376 e. The number of carbonyl (C=O) groups is 1. The summed E-state index contributed by atoms with van der Waals surface area (Å²) >= 11 is 6.12. The monoisotopic (exact) mass is 409 g/mol. The lowest BCUT2D eigenvalue weighted by atomic mass is 9.96. The van der Waals surface area contributed by atoms with E-state index in [0.717, 1.165) is 63.8 Å². The van der Waals surface area contributed by atoms with Gasteiger partial charge in [-0.2, -0.15) is 0 Å². The Balaban J connectivity index is 1.30. The Morgan fingerprint density at radius 3 is 2.64 bits per heavy atom. The molecular weight excluding hydrogens is 381 g/mol. The third-order valence-electron chi connectivity index (χ3n) is 6.26. The van der Waals surface area contributed by atoms with Gasteiger partial charge < -0.3 is 20.3 Å². The average molecular weight is 410 g/mol. The van der Waals surface area contributed by atoms with E-state index in [1.807, 2.05) is 11.0 Å². The maximum absolute atomic E-state index is 13.7. The third kappa shape index (κ3) is 4.29. The molecule has 1 amide bonds. The van der Waals surface area contributed by atoms with Crippen LogP contribution in [0.1, 0.15) is 38.5 Å². The molecule has 154 valence electrons. The molecule has 1 aliphatic carbocycles. The van der Waals surface area contributed by atoms with Gasteiger partial charge in [-0.05, 0) is 50.7 Å². The summed E-state index contributed by atoms with van der Waals surface area (Å²) in [4.78, 5) is 16.7. The van der Waals surface area contributed by atoms with E-state index in [2.05, 4.69) is 4.90 Å². The van der Waals surface area contributed by atoms with E-state index in [-0.39, 0.29) is 40.9 Å². The minimum Gasteiger partial charge on any atom is -0.376 e. The second kappa shape index (κ2) is 8.56. The number of amides is 1. The molecular formula is C21H29ClFN3O2. The van der Waals surface area contributed by atoms with Crippen molar-refractivity contribution in [1.82, 2.24) is 4.90 Å². The molecule has 1 saturated carbocycles. The number of benzene rings is 1. The Bertz CT molecular complexity index is 707. The predicted molar refractivity (Wildman–Crippen MR) is 108 cm³/mol. The van der Waals surface area contributed by atoms with E-state index >= 15 is 0 Å². The number of rotatable bonds is 5. The fourth-order valence-corrected chi connectivity index (χ4v) is 4.62. The molecule has 0 aromatic heterocycles. The first-order valence-electron chi connectivity index (χ1n) is 10.4. The van der Waals surface area contributed by atoms with Gasteiger partial charge in [0.2, 0.25) is 5.91 Å². The molecule has 1 aromatic carbocycles. The smallest absolute Gasteiger partial charge is 0.226 e. The van der Waals surface area contributed by atoms with Gasteiger partial charge in [-0.25, -0.2) is 4.39 Å². The molecule has 2 saturated heterocycles. The van der Waals surface area contributed by atoms with Crippen LogP contribution in [0.25, 0.3) is 0 Å². The Labute approximate surface area is 170 Å². The number of hydrogen-bond acceptors (Lipinski definition) is 4. The number of carbonyl (C=O) groups excluding carboxylic acids is 1. The van der Waals surface area contributed by atoms with Crippen molar-refractivity contribution in [2.24, 2.45) is 11.7 Å². The number of anilines is 1. The molecule has 3 aliphatic rings. The quantitative estimate of drug-likeness (QED) is 0.811. The Kier molecular flexibility index (Phi) is 6.09. The maximum Gasteiger partial charge on any atom is 0.226 e. The molecule has 2 atom stereocenters. The normalized spacial score (nSPS) is 26.5. The highest BCUT2D eigenvalue weighted by Gasteiger charge is 2.40. The molecule has 3 fully saturated rings. The van der Waals surface area contributed by atoms with E-state index in [1.165, 1.54) is 6.07 Å². The van der Waals surface area contributed by atoms with E-state index in [0.29, 0.717) is 6.61 Å². The molecule has 0 radical (unpaired) electrons. The zero-order chi connectivity index (χ0) is 19.7. The molecule has 2 aliphatic heterocycles. The van der Waals surface area contributed by atoms with Crippen molar-refractivity contribution in [2.75, 3.05) is 31.1 Å². The van der Waals surface area contributed by atoms with Gasteiger partial charge in [0, 0.05) is 31.6 Å². The molecule has 4 rings (SSSR count). The lowest BCUT2D eigenvalue weighted by Gasteiger charge is -2.41. The van der Waals surface area contributed by atoms with Crippen LogP contribution in [0.2, 0.25) is 5.02 Å². The molecule has 2 unspecified atom stereocenters. The van der Waals surface area contributed by atoms with Crippen LogP contribution >= 0.6 is 11.6 Å². The average Bonchev–Trinajstić information content (AvgIpc) is 3.54. The Morgan fingerprint density at radius 2 is 1.93 bits per heavy atom. The Morgan fingerprint density at radius 1 is 1.18 bits per heavy atom. The molecule has 2 N–H and O–H groups in total. The lowest BCUT2D eigenvalue weighted by molar-refractivity contribution is -0.139. The summed E-state index contributed by atoms with van der Waals surface area (Å²) in [6.07, 6.45) is 5.78. The number of nitrogens with two attached hydrogens (primary N) is 1.